The predicted molar refractivity (Wildman–Crippen MR) is 81.4 cm³/mol. The minimum Gasteiger partial charge on any atom is -0.353 e. The molecule has 3 nitrogen and oxygen atoms in total. The van der Waals surface area contributed by atoms with E-state index in [4.69, 9.17) is 5.73 Å². The molecular formula is C15H29ClN2O. The molecule has 4 heteroatoms. The third-order valence-electron chi connectivity index (χ3n) is 4.85. The summed E-state index contributed by atoms with van der Waals surface area (Å²) < 4.78 is 0. The first-order chi connectivity index (χ1) is 8.49. The van der Waals surface area contributed by atoms with Crippen LogP contribution in [0.4, 0.5) is 0 Å². The lowest BCUT2D eigenvalue weighted by atomic mass is 9.74. The first-order valence-electron chi connectivity index (χ1n) is 7.58. The molecule has 4 unspecified atom stereocenters. The lowest BCUT2D eigenvalue weighted by Crippen LogP contribution is -2.54. The van der Waals surface area contributed by atoms with Crippen molar-refractivity contribution < 1.29 is 4.79 Å². The monoisotopic (exact) mass is 288 g/mol. The zero-order valence-corrected chi connectivity index (χ0v) is 13.1. The van der Waals surface area contributed by atoms with E-state index in [0.717, 1.165) is 44.4 Å². The zero-order valence-electron chi connectivity index (χ0n) is 12.3. The van der Waals surface area contributed by atoms with Gasteiger partial charge < -0.3 is 11.1 Å². The molecule has 2 rings (SSSR count). The van der Waals surface area contributed by atoms with Crippen LogP contribution >= 0.6 is 12.4 Å². The van der Waals surface area contributed by atoms with Gasteiger partial charge in [0.1, 0.15) is 0 Å². The molecule has 19 heavy (non-hydrogen) atoms. The molecule has 0 spiro atoms. The number of halogens is 1. The van der Waals surface area contributed by atoms with Crippen molar-refractivity contribution in [2.75, 3.05) is 0 Å². The van der Waals surface area contributed by atoms with Gasteiger partial charge in [-0.05, 0) is 38.5 Å². The van der Waals surface area contributed by atoms with E-state index < -0.39 is 0 Å². The second kappa shape index (κ2) is 6.94. The molecule has 2 saturated carbocycles. The number of carbonyl (C=O) groups excluding carboxylic acids is 1. The van der Waals surface area contributed by atoms with Gasteiger partial charge in [-0.15, -0.1) is 12.4 Å². The van der Waals surface area contributed by atoms with Gasteiger partial charge >= 0.3 is 0 Å². The summed E-state index contributed by atoms with van der Waals surface area (Å²) in [6.07, 6.45) is 9.08. The molecule has 0 heterocycles. The highest BCUT2D eigenvalue weighted by molar-refractivity contribution is 5.85. The van der Waals surface area contributed by atoms with Crippen molar-refractivity contribution in [2.24, 2.45) is 17.6 Å². The largest absolute Gasteiger partial charge is 0.353 e. The molecule has 4 atom stereocenters. The van der Waals surface area contributed by atoms with E-state index in [-0.39, 0.29) is 29.8 Å². The van der Waals surface area contributed by atoms with Gasteiger partial charge in [0.05, 0.1) is 5.92 Å². The minimum absolute atomic E-state index is 0. The number of hydrogen-bond donors (Lipinski definition) is 2. The van der Waals surface area contributed by atoms with Crippen LogP contribution in [-0.4, -0.2) is 17.5 Å². The third kappa shape index (κ3) is 4.35. The Hall–Kier alpha value is -0.280. The number of nitrogens with two attached hydrogens (primary N) is 1. The quantitative estimate of drug-likeness (QED) is 0.821. The highest BCUT2D eigenvalue weighted by atomic mass is 35.5. The van der Waals surface area contributed by atoms with Gasteiger partial charge in [-0.25, -0.2) is 0 Å². The number of rotatable bonds is 2. The molecule has 2 aliphatic carbocycles. The van der Waals surface area contributed by atoms with Crippen molar-refractivity contribution in [1.29, 1.82) is 0 Å². The number of nitrogens with one attached hydrogen (secondary N) is 1. The molecule has 0 aromatic heterocycles. The van der Waals surface area contributed by atoms with Gasteiger partial charge in [-0.3, -0.25) is 4.79 Å². The molecule has 0 bridgehead atoms. The lowest BCUT2D eigenvalue weighted by Gasteiger charge is -2.38. The maximum atomic E-state index is 12.4. The SMILES string of the molecule is CC1CCCC(NC(=O)C2CCCCC2(C)N)C1.Cl. The van der Waals surface area contributed by atoms with Crippen LogP contribution in [0.1, 0.15) is 65.2 Å². The van der Waals surface area contributed by atoms with Crippen LogP contribution in [-0.2, 0) is 4.79 Å². The fraction of sp³-hybridized carbons (Fsp3) is 0.933. The van der Waals surface area contributed by atoms with Crippen molar-refractivity contribution in [2.45, 2.75) is 76.8 Å². The van der Waals surface area contributed by atoms with Crippen LogP contribution in [0.3, 0.4) is 0 Å². The molecule has 0 aromatic rings. The Kier molecular flexibility index (Phi) is 6.13. The van der Waals surface area contributed by atoms with Gasteiger partial charge in [0.15, 0.2) is 0 Å². The van der Waals surface area contributed by atoms with E-state index >= 15 is 0 Å². The molecule has 112 valence electrons. The Morgan fingerprint density at radius 1 is 1.21 bits per heavy atom. The topological polar surface area (TPSA) is 55.1 Å². The molecule has 0 saturated heterocycles. The highest BCUT2D eigenvalue weighted by Gasteiger charge is 2.38. The van der Waals surface area contributed by atoms with Crippen LogP contribution in [0.25, 0.3) is 0 Å². The van der Waals surface area contributed by atoms with Gasteiger partial charge in [0.2, 0.25) is 5.91 Å². The summed E-state index contributed by atoms with van der Waals surface area (Å²) in [6.45, 7) is 4.33. The summed E-state index contributed by atoms with van der Waals surface area (Å²) in [5.74, 6) is 0.974. The first-order valence-corrected chi connectivity index (χ1v) is 7.58. The van der Waals surface area contributed by atoms with Crippen LogP contribution in [0.15, 0.2) is 0 Å². The molecule has 0 aliphatic heterocycles. The van der Waals surface area contributed by atoms with Crippen molar-refractivity contribution in [3.05, 3.63) is 0 Å². The third-order valence-corrected chi connectivity index (χ3v) is 4.85. The summed E-state index contributed by atoms with van der Waals surface area (Å²) >= 11 is 0. The second-order valence-corrected chi connectivity index (χ2v) is 6.78. The molecular weight excluding hydrogens is 260 g/mol. The lowest BCUT2D eigenvalue weighted by molar-refractivity contribution is -0.129. The standard InChI is InChI=1S/C15H28N2O.ClH/c1-11-6-5-7-12(10-11)17-14(18)13-8-3-4-9-15(13,2)16;/h11-13H,3-10,16H2,1-2H3,(H,17,18);1H. The fourth-order valence-corrected chi connectivity index (χ4v) is 3.66. The van der Waals surface area contributed by atoms with Crippen LogP contribution in [0, 0.1) is 11.8 Å². The first kappa shape index (κ1) is 16.8. The average molecular weight is 289 g/mol. The number of carbonyl (C=O) groups is 1. The predicted octanol–water partition coefficient (Wildman–Crippen LogP) is 3.01. The van der Waals surface area contributed by atoms with Crippen LogP contribution in [0.2, 0.25) is 0 Å². The maximum Gasteiger partial charge on any atom is 0.225 e. The number of hydrogen-bond acceptors (Lipinski definition) is 2. The Labute approximate surface area is 123 Å². The van der Waals surface area contributed by atoms with E-state index in [9.17, 15) is 4.79 Å². The maximum absolute atomic E-state index is 12.4. The zero-order chi connectivity index (χ0) is 13.2. The van der Waals surface area contributed by atoms with E-state index in [2.05, 4.69) is 12.2 Å². The van der Waals surface area contributed by atoms with Crippen molar-refractivity contribution in [3.8, 4) is 0 Å². The average Bonchev–Trinajstić information content (AvgIpc) is 2.28. The molecule has 2 fully saturated rings. The van der Waals surface area contributed by atoms with Gasteiger partial charge in [0, 0.05) is 11.6 Å². The smallest absolute Gasteiger partial charge is 0.225 e. The molecule has 0 radical (unpaired) electrons. The van der Waals surface area contributed by atoms with E-state index in [1.165, 1.54) is 12.8 Å². The van der Waals surface area contributed by atoms with E-state index in [1.807, 2.05) is 6.92 Å². The minimum atomic E-state index is -0.303. The Morgan fingerprint density at radius 3 is 2.58 bits per heavy atom. The van der Waals surface area contributed by atoms with Gasteiger partial charge in [0.25, 0.3) is 0 Å². The second-order valence-electron chi connectivity index (χ2n) is 6.78. The summed E-state index contributed by atoms with van der Waals surface area (Å²) in [6, 6.07) is 0.388. The van der Waals surface area contributed by atoms with Crippen LogP contribution < -0.4 is 11.1 Å². The van der Waals surface area contributed by atoms with Crippen molar-refractivity contribution in [3.63, 3.8) is 0 Å². The molecule has 2 aliphatic rings. The fourth-order valence-electron chi connectivity index (χ4n) is 3.66. The van der Waals surface area contributed by atoms with E-state index in [0.29, 0.717) is 6.04 Å². The summed E-state index contributed by atoms with van der Waals surface area (Å²) in [5.41, 5.74) is 5.99. The Bertz CT molecular complexity index is 307. The van der Waals surface area contributed by atoms with Crippen LogP contribution in [0.5, 0.6) is 0 Å². The summed E-state index contributed by atoms with van der Waals surface area (Å²) in [4.78, 5) is 12.4. The Balaban J connectivity index is 0.00000180. The summed E-state index contributed by atoms with van der Waals surface area (Å²) in [7, 11) is 0. The van der Waals surface area contributed by atoms with E-state index in [1.54, 1.807) is 0 Å². The molecule has 3 N–H and O–H groups in total. The number of amides is 1. The Morgan fingerprint density at radius 2 is 1.95 bits per heavy atom. The normalized spacial score (nSPS) is 39.2. The van der Waals surface area contributed by atoms with Crippen molar-refractivity contribution in [1.82, 2.24) is 5.32 Å². The van der Waals surface area contributed by atoms with Crippen molar-refractivity contribution >= 4 is 18.3 Å². The van der Waals surface area contributed by atoms with Gasteiger partial charge in [-0.1, -0.05) is 32.6 Å². The molecule has 0 aromatic carbocycles. The highest BCUT2D eigenvalue weighted by Crippen LogP contribution is 2.32. The molecule has 1 amide bonds. The van der Waals surface area contributed by atoms with Gasteiger partial charge in [-0.2, -0.15) is 0 Å². The summed E-state index contributed by atoms with van der Waals surface area (Å²) in [5, 5.41) is 3.26.